The molecule has 0 aromatic heterocycles. The molecule has 1 fully saturated rings. The summed E-state index contributed by atoms with van der Waals surface area (Å²) in [6, 6.07) is 15.0. The number of carbonyl (C=O) groups is 2. The first-order valence-electron chi connectivity index (χ1n) is 11.3. The number of amidine groups is 1. The Labute approximate surface area is 208 Å². The van der Waals surface area contributed by atoms with E-state index in [0.717, 1.165) is 40.5 Å². The number of allylic oxidation sites excluding steroid dienone is 1. The largest absolute Gasteiger partial charge is 0.353 e. The number of para-hydroxylation sites is 1. The molecule has 1 saturated carbocycles. The van der Waals surface area contributed by atoms with Gasteiger partial charge in [-0.05, 0) is 61.4 Å². The summed E-state index contributed by atoms with van der Waals surface area (Å²) < 4.78 is 0. The molecule has 34 heavy (non-hydrogen) atoms. The van der Waals surface area contributed by atoms with Crippen molar-refractivity contribution in [2.24, 2.45) is 4.99 Å². The van der Waals surface area contributed by atoms with Gasteiger partial charge in [-0.15, -0.1) is 0 Å². The van der Waals surface area contributed by atoms with Gasteiger partial charge in [0.05, 0.1) is 23.7 Å². The van der Waals surface area contributed by atoms with Gasteiger partial charge in [0.25, 0.3) is 5.91 Å². The van der Waals surface area contributed by atoms with Crippen molar-refractivity contribution in [3.05, 3.63) is 87.1 Å². The van der Waals surface area contributed by atoms with Crippen LogP contribution in [-0.2, 0) is 9.59 Å². The first-order chi connectivity index (χ1) is 16.4. The molecule has 2 N–H and O–H groups in total. The van der Waals surface area contributed by atoms with Crippen LogP contribution in [-0.4, -0.2) is 27.9 Å². The standard InChI is InChI=1S/C26H25ClN4O2S/c1-15-5-3-4-6-21(15)30-25(33)23-16(2)28-26-31(24(23)17-7-9-18(27)10-8-17)20(14-34-26)13-22(32)29-19-11-12-19/h3-10,14,19,24H,11-13H2,1-2H3,(H,29,32)(H,30,33)/t24-/m0/s1. The lowest BCUT2D eigenvalue weighted by Crippen LogP contribution is -2.39. The van der Waals surface area contributed by atoms with E-state index >= 15 is 0 Å². The van der Waals surface area contributed by atoms with Gasteiger partial charge in [0.1, 0.15) is 0 Å². The minimum absolute atomic E-state index is 0.0114. The summed E-state index contributed by atoms with van der Waals surface area (Å²) in [5.41, 5.74) is 4.67. The normalized spacial score (nSPS) is 19.4. The highest BCUT2D eigenvalue weighted by Crippen LogP contribution is 2.45. The average molecular weight is 493 g/mol. The zero-order valence-electron chi connectivity index (χ0n) is 19.0. The molecule has 0 radical (unpaired) electrons. The Morgan fingerprint density at radius 2 is 1.85 bits per heavy atom. The maximum Gasteiger partial charge on any atom is 0.255 e. The van der Waals surface area contributed by atoms with Crippen LogP contribution in [0.5, 0.6) is 0 Å². The SMILES string of the molecule is CC1=C(C(=O)Nc2ccccc2C)[C@H](c2ccc(Cl)cc2)N2C(CC(=O)NC3CC3)=CSC2=N1. The molecule has 3 aliphatic rings. The Hall–Kier alpha value is -3.03. The van der Waals surface area contributed by atoms with Crippen molar-refractivity contribution in [2.45, 2.75) is 45.2 Å². The van der Waals surface area contributed by atoms with Crippen molar-refractivity contribution in [1.29, 1.82) is 0 Å². The number of halogens is 1. The monoisotopic (exact) mass is 492 g/mol. The molecule has 1 atom stereocenters. The van der Waals surface area contributed by atoms with E-state index in [2.05, 4.69) is 10.6 Å². The third-order valence-electron chi connectivity index (χ3n) is 6.11. The Morgan fingerprint density at radius 3 is 2.56 bits per heavy atom. The third-order valence-corrected chi connectivity index (χ3v) is 7.25. The first-order valence-corrected chi connectivity index (χ1v) is 12.5. The quantitative estimate of drug-likeness (QED) is 0.556. The van der Waals surface area contributed by atoms with Crippen molar-refractivity contribution in [1.82, 2.24) is 10.2 Å². The maximum absolute atomic E-state index is 13.7. The molecule has 0 saturated heterocycles. The van der Waals surface area contributed by atoms with Crippen molar-refractivity contribution in [3.8, 4) is 0 Å². The van der Waals surface area contributed by atoms with Gasteiger partial charge in [-0.25, -0.2) is 4.99 Å². The third kappa shape index (κ3) is 4.63. The molecule has 6 nitrogen and oxygen atoms in total. The fraction of sp³-hybridized carbons (Fsp3) is 0.269. The van der Waals surface area contributed by atoms with E-state index in [-0.39, 0.29) is 18.2 Å². The van der Waals surface area contributed by atoms with E-state index in [0.29, 0.717) is 22.3 Å². The molecule has 2 aliphatic heterocycles. The molecule has 8 heteroatoms. The smallest absolute Gasteiger partial charge is 0.255 e. The summed E-state index contributed by atoms with van der Waals surface area (Å²) in [7, 11) is 0. The molecule has 2 heterocycles. The Kier molecular flexibility index (Phi) is 6.23. The molecule has 2 aromatic carbocycles. The van der Waals surface area contributed by atoms with Crippen LogP contribution in [0.25, 0.3) is 0 Å². The molecule has 2 amide bonds. The number of hydrogen-bond donors (Lipinski definition) is 2. The second-order valence-corrected chi connectivity index (χ2v) is 10.0. The number of nitrogens with zero attached hydrogens (tertiary/aromatic N) is 2. The van der Waals surface area contributed by atoms with Crippen LogP contribution in [0.3, 0.4) is 0 Å². The molecule has 0 bridgehead atoms. The van der Waals surface area contributed by atoms with E-state index in [1.165, 1.54) is 11.8 Å². The summed E-state index contributed by atoms with van der Waals surface area (Å²) in [6.07, 6.45) is 2.31. The summed E-state index contributed by atoms with van der Waals surface area (Å²) in [5.74, 6) is -0.226. The number of aliphatic imine (C=N–C) groups is 1. The van der Waals surface area contributed by atoms with Crippen LogP contribution in [0.1, 0.15) is 43.4 Å². The van der Waals surface area contributed by atoms with Crippen LogP contribution < -0.4 is 10.6 Å². The maximum atomic E-state index is 13.7. The van der Waals surface area contributed by atoms with E-state index in [1.807, 2.05) is 72.7 Å². The fourth-order valence-electron chi connectivity index (χ4n) is 4.19. The molecule has 174 valence electrons. The summed E-state index contributed by atoms with van der Waals surface area (Å²) in [6.45, 7) is 3.82. The van der Waals surface area contributed by atoms with Gasteiger partial charge >= 0.3 is 0 Å². The predicted molar refractivity (Wildman–Crippen MR) is 137 cm³/mol. The van der Waals surface area contributed by atoms with Crippen molar-refractivity contribution >= 4 is 46.0 Å². The van der Waals surface area contributed by atoms with Crippen LogP contribution in [0.4, 0.5) is 5.69 Å². The van der Waals surface area contributed by atoms with Gasteiger partial charge in [0.15, 0.2) is 5.17 Å². The Balaban J connectivity index is 1.51. The first kappa shape index (κ1) is 22.7. The molecule has 0 spiro atoms. The van der Waals surface area contributed by atoms with Crippen LogP contribution in [0.15, 0.2) is 75.9 Å². The van der Waals surface area contributed by atoms with Gasteiger partial charge in [-0.2, -0.15) is 0 Å². The van der Waals surface area contributed by atoms with E-state index in [1.54, 1.807) is 0 Å². The second kappa shape index (κ2) is 9.31. The lowest BCUT2D eigenvalue weighted by molar-refractivity contribution is -0.120. The van der Waals surface area contributed by atoms with E-state index in [4.69, 9.17) is 16.6 Å². The highest BCUT2D eigenvalue weighted by Gasteiger charge is 2.40. The lowest BCUT2D eigenvalue weighted by atomic mass is 9.93. The molecule has 0 unspecified atom stereocenters. The summed E-state index contributed by atoms with van der Waals surface area (Å²) in [5, 5.41) is 9.47. The number of benzene rings is 2. The van der Waals surface area contributed by atoms with Crippen molar-refractivity contribution < 1.29 is 9.59 Å². The second-order valence-electron chi connectivity index (χ2n) is 8.73. The highest BCUT2D eigenvalue weighted by atomic mass is 35.5. The lowest BCUT2D eigenvalue weighted by Gasteiger charge is -2.36. The molecule has 5 rings (SSSR count). The van der Waals surface area contributed by atoms with Crippen LogP contribution in [0.2, 0.25) is 5.02 Å². The average Bonchev–Trinajstić information content (AvgIpc) is 3.53. The number of thioether (sulfide) groups is 1. The minimum atomic E-state index is -0.427. The van der Waals surface area contributed by atoms with Crippen molar-refractivity contribution in [2.75, 3.05) is 5.32 Å². The summed E-state index contributed by atoms with van der Waals surface area (Å²) >= 11 is 7.65. The number of hydrogen-bond acceptors (Lipinski definition) is 5. The van der Waals surface area contributed by atoms with Gasteiger partial charge < -0.3 is 15.5 Å². The molecular weight excluding hydrogens is 468 g/mol. The van der Waals surface area contributed by atoms with Gasteiger partial charge in [0, 0.05) is 22.4 Å². The molecular formula is C26H25ClN4O2S. The van der Waals surface area contributed by atoms with E-state index in [9.17, 15) is 9.59 Å². The predicted octanol–water partition coefficient (Wildman–Crippen LogP) is 5.53. The Bertz CT molecular complexity index is 1250. The number of aryl methyl sites for hydroxylation is 1. The number of anilines is 1. The van der Waals surface area contributed by atoms with Gasteiger partial charge in [0.2, 0.25) is 5.91 Å². The topological polar surface area (TPSA) is 73.8 Å². The van der Waals surface area contributed by atoms with Gasteiger partial charge in [-0.1, -0.05) is 53.7 Å². The van der Waals surface area contributed by atoms with E-state index < -0.39 is 6.04 Å². The van der Waals surface area contributed by atoms with Crippen LogP contribution in [0, 0.1) is 6.92 Å². The number of nitrogens with one attached hydrogen (secondary N) is 2. The zero-order chi connectivity index (χ0) is 23.8. The zero-order valence-corrected chi connectivity index (χ0v) is 20.5. The van der Waals surface area contributed by atoms with Crippen LogP contribution >= 0.6 is 23.4 Å². The number of carbonyl (C=O) groups excluding carboxylic acids is 2. The molecule has 1 aliphatic carbocycles. The van der Waals surface area contributed by atoms with Crippen molar-refractivity contribution in [3.63, 3.8) is 0 Å². The highest BCUT2D eigenvalue weighted by molar-refractivity contribution is 8.16. The Morgan fingerprint density at radius 1 is 1.12 bits per heavy atom. The number of fused-ring (bicyclic) bond motifs is 1. The number of rotatable bonds is 6. The fourth-order valence-corrected chi connectivity index (χ4v) is 5.28. The molecule has 2 aromatic rings. The minimum Gasteiger partial charge on any atom is -0.353 e. The van der Waals surface area contributed by atoms with Gasteiger partial charge in [-0.3, -0.25) is 9.59 Å². The summed E-state index contributed by atoms with van der Waals surface area (Å²) in [4.78, 5) is 33.1. The number of amides is 2.